The zero-order valence-electron chi connectivity index (χ0n) is 5.77. The smallest absolute Gasteiger partial charge is 0.134 e. The Morgan fingerprint density at radius 3 is 2.64 bits per heavy atom. The summed E-state index contributed by atoms with van der Waals surface area (Å²) in [4.78, 5) is 0.979. The van der Waals surface area contributed by atoms with Gasteiger partial charge < -0.3 is 10.2 Å². The first-order valence-electron chi connectivity index (χ1n) is 3.41. The second kappa shape index (κ2) is 2.52. The average molecular weight is 168 g/mol. The molecule has 58 valence electrons. The Labute approximate surface area is 68.9 Å². The summed E-state index contributed by atoms with van der Waals surface area (Å²) in [6, 6.07) is 7.50. The highest BCUT2D eigenvalue weighted by molar-refractivity contribution is 8.00. The number of rotatable bonds is 0. The van der Waals surface area contributed by atoms with E-state index in [9.17, 15) is 10.2 Å². The molecule has 0 fully saturated rings. The predicted molar refractivity (Wildman–Crippen MR) is 43.3 cm³/mol. The molecule has 2 N–H and O–H groups in total. The van der Waals surface area contributed by atoms with Gasteiger partial charge in [0.1, 0.15) is 11.5 Å². The van der Waals surface area contributed by atoms with Crippen molar-refractivity contribution < 1.29 is 10.2 Å². The van der Waals surface area contributed by atoms with E-state index in [2.05, 4.69) is 0 Å². The van der Waals surface area contributed by atoms with Crippen molar-refractivity contribution >= 4 is 11.8 Å². The van der Waals surface area contributed by atoms with Gasteiger partial charge in [0, 0.05) is 4.90 Å². The minimum Gasteiger partial charge on any atom is -0.385 e. The van der Waals surface area contributed by atoms with Crippen LogP contribution in [0, 0.1) is 0 Å². The van der Waals surface area contributed by atoms with Crippen LogP contribution in [-0.4, -0.2) is 15.6 Å². The Hall–Kier alpha value is -0.510. The fraction of sp³-hybridized carbons (Fsp3) is 0.250. The molecule has 0 saturated carbocycles. The number of fused-ring (bicyclic) bond motifs is 1. The lowest BCUT2D eigenvalue weighted by molar-refractivity contribution is 0.0772. The molecule has 0 radical (unpaired) electrons. The van der Waals surface area contributed by atoms with E-state index in [1.807, 2.05) is 24.3 Å². The maximum atomic E-state index is 9.38. The van der Waals surface area contributed by atoms with Gasteiger partial charge in [-0.3, -0.25) is 0 Å². The molecule has 0 unspecified atom stereocenters. The average Bonchev–Trinajstić information content (AvgIpc) is 2.30. The lowest BCUT2D eigenvalue weighted by atomic mass is 10.1. The van der Waals surface area contributed by atoms with Crippen molar-refractivity contribution in [1.82, 2.24) is 0 Å². The van der Waals surface area contributed by atoms with Crippen molar-refractivity contribution in [1.29, 1.82) is 0 Å². The molecule has 1 aliphatic rings. The van der Waals surface area contributed by atoms with E-state index in [4.69, 9.17) is 0 Å². The van der Waals surface area contributed by atoms with Gasteiger partial charge >= 0.3 is 0 Å². The van der Waals surface area contributed by atoms with Gasteiger partial charge in [-0.2, -0.15) is 0 Å². The summed E-state index contributed by atoms with van der Waals surface area (Å²) in [7, 11) is 0. The van der Waals surface area contributed by atoms with Crippen LogP contribution < -0.4 is 0 Å². The van der Waals surface area contributed by atoms with Crippen LogP contribution in [-0.2, 0) is 0 Å². The van der Waals surface area contributed by atoms with Crippen LogP contribution in [0.2, 0.25) is 0 Å². The summed E-state index contributed by atoms with van der Waals surface area (Å²) >= 11 is 1.30. The van der Waals surface area contributed by atoms with E-state index < -0.39 is 11.5 Å². The topological polar surface area (TPSA) is 40.5 Å². The number of hydrogen-bond acceptors (Lipinski definition) is 3. The van der Waals surface area contributed by atoms with Gasteiger partial charge in [0.2, 0.25) is 0 Å². The molecular weight excluding hydrogens is 160 g/mol. The Balaban J connectivity index is 2.47. The van der Waals surface area contributed by atoms with Crippen LogP contribution in [0.3, 0.4) is 0 Å². The first kappa shape index (κ1) is 7.16. The van der Waals surface area contributed by atoms with E-state index in [0.717, 1.165) is 10.5 Å². The SMILES string of the molecule is O[C@@H]1Sc2ccccc2[C@H]1O. The third-order valence-electron chi connectivity index (χ3n) is 1.76. The molecular formula is C8H8O2S. The number of aliphatic hydroxyl groups is 2. The lowest BCUT2D eigenvalue weighted by Gasteiger charge is -2.05. The zero-order chi connectivity index (χ0) is 7.84. The fourth-order valence-corrected chi connectivity index (χ4v) is 2.20. The fourth-order valence-electron chi connectivity index (χ4n) is 1.18. The minimum atomic E-state index is -0.712. The molecule has 11 heavy (non-hydrogen) atoms. The molecule has 0 bridgehead atoms. The Morgan fingerprint density at radius 2 is 1.91 bits per heavy atom. The van der Waals surface area contributed by atoms with E-state index >= 15 is 0 Å². The number of aliphatic hydroxyl groups excluding tert-OH is 2. The van der Waals surface area contributed by atoms with Gasteiger partial charge in [0.15, 0.2) is 0 Å². The van der Waals surface area contributed by atoms with Gasteiger partial charge in [-0.1, -0.05) is 30.0 Å². The molecule has 0 aromatic heterocycles. The van der Waals surface area contributed by atoms with Crippen molar-refractivity contribution in [3.63, 3.8) is 0 Å². The molecule has 2 nitrogen and oxygen atoms in total. The van der Waals surface area contributed by atoms with Gasteiger partial charge in [-0.05, 0) is 11.6 Å². The summed E-state index contributed by atoms with van der Waals surface area (Å²) in [5, 5.41) is 18.6. The molecule has 2 rings (SSSR count). The number of hydrogen-bond donors (Lipinski definition) is 2. The van der Waals surface area contributed by atoms with Crippen LogP contribution in [0.1, 0.15) is 11.7 Å². The highest BCUT2D eigenvalue weighted by atomic mass is 32.2. The highest BCUT2D eigenvalue weighted by Crippen LogP contribution is 2.42. The second-order valence-corrected chi connectivity index (χ2v) is 3.65. The summed E-state index contributed by atoms with van der Waals surface area (Å²) in [5.74, 6) is 0. The molecule has 1 aliphatic heterocycles. The van der Waals surface area contributed by atoms with E-state index in [-0.39, 0.29) is 0 Å². The monoisotopic (exact) mass is 168 g/mol. The van der Waals surface area contributed by atoms with Crippen LogP contribution in [0.25, 0.3) is 0 Å². The molecule has 0 amide bonds. The van der Waals surface area contributed by atoms with E-state index in [0.29, 0.717) is 0 Å². The number of thioether (sulfide) groups is 1. The summed E-state index contributed by atoms with van der Waals surface area (Å²) in [6.07, 6.45) is -0.712. The predicted octanol–water partition coefficient (Wildman–Crippen LogP) is 1.14. The zero-order valence-corrected chi connectivity index (χ0v) is 6.58. The summed E-state index contributed by atoms with van der Waals surface area (Å²) in [6.45, 7) is 0. The molecule has 3 heteroatoms. The van der Waals surface area contributed by atoms with E-state index in [1.165, 1.54) is 11.8 Å². The van der Waals surface area contributed by atoms with Crippen molar-refractivity contribution in [3.05, 3.63) is 29.8 Å². The Kier molecular flexibility index (Phi) is 1.64. The first-order chi connectivity index (χ1) is 5.29. The van der Waals surface area contributed by atoms with E-state index in [1.54, 1.807) is 0 Å². The molecule has 0 spiro atoms. The van der Waals surface area contributed by atoms with Gasteiger partial charge in [0.25, 0.3) is 0 Å². The molecule has 0 aliphatic carbocycles. The van der Waals surface area contributed by atoms with Gasteiger partial charge in [-0.25, -0.2) is 0 Å². The lowest BCUT2D eigenvalue weighted by Crippen LogP contribution is -2.06. The Morgan fingerprint density at radius 1 is 1.18 bits per heavy atom. The molecule has 1 heterocycles. The van der Waals surface area contributed by atoms with Crippen molar-refractivity contribution in [2.75, 3.05) is 0 Å². The minimum absolute atomic E-state index is 0.688. The molecule has 1 aromatic rings. The standard InChI is InChI=1S/C8H8O2S/c9-7-5-3-1-2-4-6(5)11-8(7)10/h1-4,7-10H/t7-,8-/m1/s1. The maximum Gasteiger partial charge on any atom is 0.134 e. The third kappa shape index (κ3) is 1.05. The van der Waals surface area contributed by atoms with Crippen LogP contribution in [0.15, 0.2) is 29.2 Å². The molecule has 1 aromatic carbocycles. The third-order valence-corrected chi connectivity index (χ3v) is 2.88. The van der Waals surface area contributed by atoms with Crippen molar-refractivity contribution in [3.8, 4) is 0 Å². The van der Waals surface area contributed by atoms with Gasteiger partial charge in [-0.15, -0.1) is 0 Å². The highest BCUT2D eigenvalue weighted by Gasteiger charge is 2.29. The normalized spacial score (nSPS) is 28.5. The molecule has 0 saturated heterocycles. The van der Waals surface area contributed by atoms with Crippen LogP contribution in [0.5, 0.6) is 0 Å². The van der Waals surface area contributed by atoms with Crippen molar-refractivity contribution in [2.24, 2.45) is 0 Å². The summed E-state index contributed by atoms with van der Waals surface area (Å²) < 4.78 is 0. The number of benzene rings is 1. The second-order valence-electron chi connectivity index (χ2n) is 2.49. The quantitative estimate of drug-likeness (QED) is 0.610. The van der Waals surface area contributed by atoms with Crippen molar-refractivity contribution in [2.45, 2.75) is 16.4 Å². The largest absolute Gasteiger partial charge is 0.385 e. The van der Waals surface area contributed by atoms with Gasteiger partial charge in [0.05, 0.1) is 0 Å². The molecule has 2 atom stereocenters. The first-order valence-corrected chi connectivity index (χ1v) is 4.29. The Bertz CT molecular complexity index is 275. The maximum absolute atomic E-state index is 9.38. The van der Waals surface area contributed by atoms with Crippen LogP contribution in [0.4, 0.5) is 0 Å². The van der Waals surface area contributed by atoms with Crippen LogP contribution >= 0.6 is 11.8 Å². The summed E-state index contributed by atoms with van der Waals surface area (Å²) in [5.41, 5.74) is 0.150.